The lowest BCUT2D eigenvalue weighted by atomic mass is 9.95. The summed E-state index contributed by atoms with van der Waals surface area (Å²) in [5.41, 5.74) is 2.20. The number of piperidine rings is 1. The van der Waals surface area contributed by atoms with Gasteiger partial charge in [-0.25, -0.2) is 0 Å². The van der Waals surface area contributed by atoms with Gasteiger partial charge in [-0.15, -0.1) is 11.3 Å². The zero-order valence-electron chi connectivity index (χ0n) is 14.5. The van der Waals surface area contributed by atoms with Crippen LogP contribution >= 0.6 is 11.3 Å². The standard InChI is InChI=1S/C19H24N2O2S2/c1-15-7-11-20(12-8-15)25(22,23)21-13-9-18-17(10-14-24-18)19(21)16-5-3-2-4-6-16/h2-6,10,14-15,19H,7-9,11-13H2,1H3. The minimum Gasteiger partial charge on any atom is -0.195 e. The van der Waals surface area contributed by atoms with Crippen LogP contribution in [0, 0.1) is 5.92 Å². The molecule has 2 aromatic rings. The molecule has 4 rings (SSSR count). The summed E-state index contributed by atoms with van der Waals surface area (Å²) in [6.07, 6.45) is 2.71. The van der Waals surface area contributed by atoms with Crippen LogP contribution in [-0.2, 0) is 16.6 Å². The molecular formula is C19H24N2O2S2. The molecule has 4 nitrogen and oxygen atoms in total. The van der Waals surface area contributed by atoms with Crippen LogP contribution in [0.2, 0.25) is 0 Å². The highest BCUT2D eigenvalue weighted by Crippen LogP contribution is 2.40. The van der Waals surface area contributed by atoms with Gasteiger partial charge in [-0.1, -0.05) is 37.3 Å². The summed E-state index contributed by atoms with van der Waals surface area (Å²) in [6.45, 7) is 4.03. The van der Waals surface area contributed by atoms with E-state index in [1.165, 1.54) is 4.88 Å². The van der Waals surface area contributed by atoms with Gasteiger partial charge in [0.15, 0.2) is 0 Å². The van der Waals surface area contributed by atoms with Crippen LogP contribution in [0.4, 0.5) is 0 Å². The summed E-state index contributed by atoms with van der Waals surface area (Å²) >= 11 is 1.74. The van der Waals surface area contributed by atoms with Gasteiger partial charge in [0.1, 0.15) is 0 Å². The second kappa shape index (κ2) is 6.83. The molecule has 0 spiro atoms. The Balaban J connectivity index is 1.72. The number of rotatable bonds is 3. The van der Waals surface area contributed by atoms with Crippen LogP contribution in [-0.4, -0.2) is 36.7 Å². The van der Waals surface area contributed by atoms with Gasteiger partial charge in [-0.2, -0.15) is 17.0 Å². The zero-order valence-corrected chi connectivity index (χ0v) is 16.1. The zero-order chi connectivity index (χ0) is 17.4. The lowest BCUT2D eigenvalue weighted by Crippen LogP contribution is -2.50. The third kappa shape index (κ3) is 3.16. The number of hydrogen-bond donors (Lipinski definition) is 0. The van der Waals surface area contributed by atoms with Crippen molar-refractivity contribution < 1.29 is 8.42 Å². The van der Waals surface area contributed by atoms with E-state index in [9.17, 15) is 8.42 Å². The molecule has 1 aromatic heterocycles. The third-order valence-corrected chi connectivity index (χ3v) is 8.40. The number of hydrogen-bond acceptors (Lipinski definition) is 3. The number of fused-ring (bicyclic) bond motifs is 1. The highest BCUT2D eigenvalue weighted by Gasteiger charge is 2.40. The van der Waals surface area contributed by atoms with Crippen molar-refractivity contribution in [2.24, 2.45) is 5.92 Å². The Kier molecular flexibility index (Phi) is 4.71. The average molecular weight is 377 g/mol. The summed E-state index contributed by atoms with van der Waals surface area (Å²) in [4.78, 5) is 1.31. The molecule has 1 fully saturated rings. The van der Waals surface area contributed by atoms with E-state index < -0.39 is 10.2 Å². The molecule has 134 valence electrons. The van der Waals surface area contributed by atoms with Crippen molar-refractivity contribution in [3.05, 3.63) is 57.8 Å². The Bertz CT molecular complexity index is 824. The fraction of sp³-hybridized carbons (Fsp3) is 0.474. The Labute approximate surface area is 154 Å². The van der Waals surface area contributed by atoms with Crippen molar-refractivity contribution >= 4 is 21.5 Å². The first kappa shape index (κ1) is 17.2. The van der Waals surface area contributed by atoms with Crippen molar-refractivity contribution in [1.29, 1.82) is 0 Å². The topological polar surface area (TPSA) is 40.6 Å². The van der Waals surface area contributed by atoms with E-state index in [-0.39, 0.29) is 6.04 Å². The first-order chi connectivity index (χ1) is 12.1. The third-order valence-electron chi connectivity index (χ3n) is 5.40. The predicted octanol–water partition coefficient (Wildman–Crippen LogP) is 3.67. The van der Waals surface area contributed by atoms with Crippen LogP contribution in [0.3, 0.4) is 0 Å². The molecule has 3 heterocycles. The van der Waals surface area contributed by atoms with Crippen molar-refractivity contribution in [1.82, 2.24) is 8.61 Å². The molecule has 2 aliphatic rings. The van der Waals surface area contributed by atoms with Crippen molar-refractivity contribution in [2.75, 3.05) is 19.6 Å². The Morgan fingerprint density at radius 1 is 1.04 bits per heavy atom. The molecule has 0 N–H and O–H groups in total. The molecule has 25 heavy (non-hydrogen) atoms. The van der Waals surface area contributed by atoms with Gasteiger partial charge in [0.25, 0.3) is 10.2 Å². The van der Waals surface area contributed by atoms with Crippen molar-refractivity contribution in [3.63, 3.8) is 0 Å². The van der Waals surface area contributed by atoms with Crippen LogP contribution < -0.4 is 0 Å². The van der Waals surface area contributed by atoms with Gasteiger partial charge >= 0.3 is 0 Å². The van der Waals surface area contributed by atoms with E-state index >= 15 is 0 Å². The minimum absolute atomic E-state index is 0.208. The number of nitrogens with zero attached hydrogens (tertiary/aromatic N) is 2. The molecule has 0 bridgehead atoms. The van der Waals surface area contributed by atoms with Gasteiger partial charge in [0.05, 0.1) is 6.04 Å². The maximum atomic E-state index is 13.4. The quantitative estimate of drug-likeness (QED) is 0.820. The molecule has 1 saturated heterocycles. The molecule has 0 amide bonds. The van der Waals surface area contributed by atoms with Gasteiger partial charge < -0.3 is 0 Å². The molecule has 0 radical (unpaired) electrons. The summed E-state index contributed by atoms with van der Waals surface area (Å²) in [5.74, 6) is 0.612. The molecule has 1 atom stereocenters. The predicted molar refractivity (Wildman–Crippen MR) is 102 cm³/mol. The fourth-order valence-corrected chi connectivity index (χ4v) is 6.58. The van der Waals surface area contributed by atoms with E-state index in [1.807, 2.05) is 30.3 Å². The van der Waals surface area contributed by atoms with E-state index in [1.54, 1.807) is 19.9 Å². The molecule has 1 aromatic carbocycles. The van der Waals surface area contributed by atoms with Crippen LogP contribution in [0.5, 0.6) is 0 Å². The second-order valence-electron chi connectivity index (χ2n) is 7.06. The largest absolute Gasteiger partial charge is 0.282 e. The first-order valence-electron chi connectivity index (χ1n) is 8.95. The lowest BCUT2D eigenvalue weighted by Gasteiger charge is -2.40. The molecule has 6 heteroatoms. The van der Waals surface area contributed by atoms with E-state index in [2.05, 4.69) is 18.4 Å². The van der Waals surface area contributed by atoms with Gasteiger partial charge in [-0.05, 0) is 47.8 Å². The smallest absolute Gasteiger partial charge is 0.195 e. The van der Waals surface area contributed by atoms with Gasteiger partial charge in [-0.3, -0.25) is 0 Å². The average Bonchev–Trinajstić information content (AvgIpc) is 3.10. The molecular weight excluding hydrogens is 352 g/mol. The molecule has 0 saturated carbocycles. The summed E-state index contributed by atoms with van der Waals surface area (Å²) < 4.78 is 30.3. The van der Waals surface area contributed by atoms with Crippen LogP contribution in [0.1, 0.15) is 41.8 Å². The van der Waals surface area contributed by atoms with Crippen molar-refractivity contribution in [3.8, 4) is 0 Å². The molecule has 1 unspecified atom stereocenters. The maximum Gasteiger partial charge on any atom is 0.282 e. The van der Waals surface area contributed by atoms with Gasteiger partial charge in [0, 0.05) is 24.5 Å². The van der Waals surface area contributed by atoms with Crippen LogP contribution in [0.15, 0.2) is 41.8 Å². The first-order valence-corrected chi connectivity index (χ1v) is 11.2. The van der Waals surface area contributed by atoms with Gasteiger partial charge in [0.2, 0.25) is 0 Å². The molecule has 0 aliphatic carbocycles. The monoisotopic (exact) mass is 376 g/mol. The van der Waals surface area contributed by atoms with E-state index in [0.717, 1.165) is 30.4 Å². The Hall–Kier alpha value is -1.21. The van der Waals surface area contributed by atoms with Crippen LogP contribution in [0.25, 0.3) is 0 Å². The van der Waals surface area contributed by atoms with E-state index in [0.29, 0.717) is 25.6 Å². The lowest BCUT2D eigenvalue weighted by molar-refractivity contribution is 0.250. The fourth-order valence-electron chi connectivity index (χ4n) is 3.89. The molecule has 2 aliphatic heterocycles. The number of thiophene rings is 1. The normalized spacial score (nSPS) is 23.5. The summed E-state index contributed by atoms with van der Waals surface area (Å²) in [7, 11) is -3.46. The maximum absolute atomic E-state index is 13.4. The Morgan fingerprint density at radius 3 is 2.48 bits per heavy atom. The van der Waals surface area contributed by atoms with E-state index in [4.69, 9.17) is 0 Å². The second-order valence-corrected chi connectivity index (χ2v) is 9.94. The Morgan fingerprint density at radius 2 is 1.76 bits per heavy atom. The number of benzene rings is 1. The van der Waals surface area contributed by atoms with Crippen molar-refractivity contribution in [2.45, 2.75) is 32.2 Å². The SMILES string of the molecule is CC1CCN(S(=O)(=O)N2CCc3sccc3C2c2ccccc2)CC1. The summed E-state index contributed by atoms with van der Waals surface area (Å²) in [5, 5.41) is 2.08. The highest BCUT2D eigenvalue weighted by molar-refractivity contribution is 7.86. The summed E-state index contributed by atoms with van der Waals surface area (Å²) in [6, 6.07) is 11.9. The highest BCUT2D eigenvalue weighted by atomic mass is 32.2. The minimum atomic E-state index is -3.46.